The second-order valence-electron chi connectivity index (χ2n) is 7.16. The molecule has 0 atom stereocenters. The molecule has 0 saturated carbocycles. The second kappa shape index (κ2) is 9.12. The van der Waals surface area contributed by atoms with Gasteiger partial charge in [0.2, 0.25) is 5.91 Å². The van der Waals surface area contributed by atoms with Gasteiger partial charge in [-0.25, -0.2) is 4.98 Å². The molecule has 28 heavy (non-hydrogen) atoms. The van der Waals surface area contributed by atoms with Gasteiger partial charge < -0.3 is 15.1 Å². The van der Waals surface area contributed by atoms with Crippen molar-refractivity contribution in [3.8, 4) is 0 Å². The molecule has 1 aliphatic heterocycles. The van der Waals surface area contributed by atoms with Gasteiger partial charge in [-0.15, -0.1) is 0 Å². The Bertz CT molecular complexity index is 840. The summed E-state index contributed by atoms with van der Waals surface area (Å²) in [5.41, 5.74) is 4.42. The summed E-state index contributed by atoms with van der Waals surface area (Å²) < 4.78 is 0. The number of aromatic nitrogens is 1. The summed E-state index contributed by atoms with van der Waals surface area (Å²) in [6.45, 7) is 11.4. The fourth-order valence-corrected chi connectivity index (χ4v) is 4.20. The molecule has 150 valence electrons. The van der Waals surface area contributed by atoms with Gasteiger partial charge in [0.25, 0.3) is 0 Å². The minimum Gasteiger partial charge on any atom is -0.369 e. The van der Waals surface area contributed by atoms with Crippen LogP contribution >= 0.6 is 23.2 Å². The Morgan fingerprint density at radius 2 is 1.86 bits per heavy atom. The number of carbonyl (C=O) groups is 1. The lowest BCUT2D eigenvalue weighted by atomic mass is 10.1. The van der Waals surface area contributed by atoms with Gasteiger partial charge in [-0.05, 0) is 50.2 Å². The van der Waals surface area contributed by atoms with Crippen LogP contribution in [0.5, 0.6) is 0 Å². The zero-order valence-corrected chi connectivity index (χ0v) is 18.1. The van der Waals surface area contributed by atoms with Gasteiger partial charge in [-0.3, -0.25) is 4.79 Å². The number of hydrogen-bond acceptors (Lipinski definition) is 4. The molecule has 5 nitrogen and oxygen atoms in total. The molecular weight excluding hydrogens is 395 g/mol. The van der Waals surface area contributed by atoms with Crippen molar-refractivity contribution >= 4 is 40.5 Å². The first-order valence-corrected chi connectivity index (χ1v) is 10.3. The van der Waals surface area contributed by atoms with Crippen LogP contribution in [0.4, 0.5) is 11.4 Å². The molecule has 1 aromatic heterocycles. The fourth-order valence-electron chi connectivity index (χ4n) is 3.54. The van der Waals surface area contributed by atoms with Crippen molar-refractivity contribution in [3.63, 3.8) is 0 Å². The highest BCUT2D eigenvalue weighted by Crippen LogP contribution is 2.27. The van der Waals surface area contributed by atoms with Gasteiger partial charge >= 0.3 is 0 Å². The number of hydrogen-bond donors (Lipinski definition) is 1. The summed E-state index contributed by atoms with van der Waals surface area (Å²) in [5, 5.41) is 3.68. The Hall–Kier alpha value is -1.82. The molecule has 1 saturated heterocycles. The van der Waals surface area contributed by atoms with E-state index < -0.39 is 0 Å². The third-order valence-corrected chi connectivity index (χ3v) is 5.78. The van der Waals surface area contributed by atoms with Crippen molar-refractivity contribution < 1.29 is 4.79 Å². The van der Waals surface area contributed by atoms with E-state index in [4.69, 9.17) is 23.2 Å². The van der Waals surface area contributed by atoms with E-state index >= 15 is 0 Å². The Morgan fingerprint density at radius 3 is 2.46 bits per heavy atom. The first-order chi connectivity index (χ1) is 13.4. The molecule has 2 aromatic rings. The summed E-state index contributed by atoms with van der Waals surface area (Å²) in [7, 11) is 0. The number of likely N-dealkylation sites (N-methyl/N-ethyl adjacent to an activating group) is 1. The first-order valence-electron chi connectivity index (χ1n) is 9.56. The number of piperazine rings is 1. The lowest BCUT2D eigenvalue weighted by Crippen LogP contribution is -2.46. The van der Waals surface area contributed by atoms with Crippen LogP contribution in [0.1, 0.15) is 23.7 Å². The van der Waals surface area contributed by atoms with Crippen molar-refractivity contribution in [2.75, 3.05) is 42.9 Å². The maximum Gasteiger partial charge on any atom is 0.228 e. The molecule has 0 spiro atoms. The zero-order chi connectivity index (χ0) is 20.3. The number of amides is 1. The molecule has 1 fully saturated rings. The normalized spacial score (nSPS) is 15.0. The average molecular weight is 421 g/mol. The van der Waals surface area contributed by atoms with E-state index in [1.165, 1.54) is 5.69 Å². The number of benzene rings is 1. The third-order valence-electron chi connectivity index (χ3n) is 5.13. The van der Waals surface area contributed by atoms with Crippen LogP contribution in [0.25, 0.3) is 0 Å². The van der Waals surface area contributed by atoms with E-state index in [0.29, 0.717) is 10.6 Å². The number of pyridine rings is 1. The van der Waals surface area contributed by atoms with Gasteiger partial charge in [-0.1, -0.05) is 30.1 Å². The zero-order valence-electron chi connectivity index (χ0n) is 16.6. The number of carbonyl (C=O) groups excluding carboxylic acids is 1. The van der Waals surface area contributed by atoms with Crippen LogP contribution in [-0.2, 0) is 11.2 Å². The fraction of sp³-hybridized carbons (Fsp3) is 0.429. The summed E-state index contributed by atoms with van der Waals surface area (Å²) in [6, 6.07) is 7.76. The van der Waals surface area contributed by atoms with E-state index in [1.807, 2.05) is 19.1 Å². The molecule has 0 unspecified atom stereocenters. The molecule has 3 rings (SSSR count). The maximum absolute atomic E-state index is 12.5. The molecule has 1 aliphatic rings. The Kier molecular flexibility index (Phi) is 6.81. The molecule has 0 aliphatic carbocycles. The van der Waals surface area contributed by atoms with Crippen molar-refractivity contribution in [2.45, 2.75) is 27.2 Å². The smallest absolute Gasteiger partial charge is 0.228 e. The number of anilines is 2. The molecular formula is C21H26Cl2N4O. The molecule has 1 amide bonds. The summed E-state index contributed by atoms with van der Waals surface area (Å²) in [6.07, 6.45) is 0.0880. The predicted molar refractivity (Wildman–Crippen MR) is 117 cm³/mol. The first kappa shape index (κ1) is 20.9. The number of nitrogens with zero attached hydrogens (tertiary/aromatic N) is 3. The average Bonchev–Trinajstić information content (AvgIpc) is 2.65. The van der Waals surface area contributed by atoms with Crippen LogP contribution in [0, 0.1) is 13.8 Å². The van der Waals surface area contributed by atoms with Crippen LogP contribution in [-0.4, -0.2) is 48.5 Å². The van der Waals surface area contributed by atoms with Crippen molar-refractivity contribution in [1.82, 2.24) is 9.88 Å². The Balaban J connectivity index is 1.65. The standard InChI is InChI=1S/C21H26Cl2N4O/c1-4-26-7-9-27(10-8-26)19-6-5-16(11-14(19)2)25-20(28)13-17-18(22)12-15(3)24-21(17)23/h5-6,11-12H,4,7-10,13H2,1-3H3,(H,25,28). The van der Waals surface area contributed by atoms with Crippen LogP contribution in [0.15, 0.2) is 24.3 Å². The highest BCUT2D eigenvalue weighted by Gasteiger charge is 2.18. The highest BCUT2D eigenvalue weighted by molar-refractivity contribution is 6.35. The van der Waals surface area contributed by atoms with E-state index in [0.717, 1.165) is 49.7 Å². The van der Waals surface area contributed by atoms with E-state index in [-0.39, 0.29) is 17.5 Å². The van der Waals surface area contributed by atoms with Crippen LogP contribution in [0.2, 0.25) is 10.2 Å². The third kappa shape index (κ3) is 4.96. The van der Waals surface area contributed by atoms with Crippen LogP contribution < -0.4 is 10.2 Å². The molecule has 0 radical (unpaired) electrons. The van der Waals surface area contributed by atoms with Crippen molar-refractivity contribution in [2.24, 2.45) is 0 Å². The monoisotopic (exact) mass is 420 g/mol. The topological polar surface area (TPSA) is 48.5 Å². The second-order valence-corrected chi connectivity index (χ2v) is 7.93. The van der Waals surface area contributed by atoms with Gasteiger partial charge in [0.1, 0.15) is 5.15 Å². The van der Waals surface area contributed by atoms with E-state index in [9.17, 15) is 4.79 Å². The lowest BCUT2D eigenvalue weighted by molar-refractivity contribution is -0.115. The maximum atomic E-state index is 12.5. The molecule has 0 bridgehead atoms. The summed E-state index contributed by atoms with van der Waals surface area (Å²) >= 11 is 12.4. The van der Waals surface area contributed by atoms with E-state index in [1.54, 1.807) is 6.07 Å². The molecule has 1 N–H and O–H groups in total. The van der Waals surface area contributed by atoms with E-state index in [2.05, 4.69) is 40.0 Å². The SMILES string of the molecule is CCN1CCN(c2ccc(NC(=O)Cc3c(Cl)cc(C)nc3Cl)cc2C)CC1. The minimum absolute atomic E-state index is 0.0880. The van der Waals surface area contributed by atoms with Crippen LogP contribution in [0.3, 0.4) is 0 Å². The summed E-state index contributed by atoms with van der Waals surface area (Å²) in [4.78, 5) is 21.5. The van der Waals surface area contributed by atoms with Gasteiger partial charge in [-0.2, -0.15) is 0 Å². The molecule has 1 aromatic carbocycles. The summed E-state index contributed by atoms with van der Waals surface area (Å²) in [5.74, 6) is -0.168. The van der Waals surface area contributed by atoms with Crippen molar-refractivity contribution in [1.29, 1.82) is 0 Å². The Labute approximate surface area is 176 Å². The number of rotatable bonds is 5. The lowest BCUT2D eigenvalue weighted by Gasteiger charge is -2.36. The highest BCUT2D eigenvalue weighted by atomic mass is 35.5. The predicted octanol–water partition coefficient (Wildman–Crippen LogP) is 4.33. The number of nitrogens with one attached hydrogen (secondary N) is 1. The molecule has 7 heteroatoms. The largest absolute Gasteiger partial charge is 0.369 e. The minimum atomic E-state index is -0.168. The quantitative estimate of drug-likeness (QED) is 0.731. The Morgan fingerprint density at radius 1 is 1.14 bits per heavy atom. The van der Waals surface area contributed by atoms with Crippen molar-refractivity contribution in [3.05, 3.63) is 51.3 Å². The number of aryl methyl sites for hydroxylation is 2. The van der Waals surface area contributed by atoms with Gasteiger partial charge in [0.05, 0.1) is 6.42 Å². The number of halogens is 2. The van der Waals surface area contributed by atoms with Gasteiger partial charge in [0, 0.05) is 53.8 Å². The molecule has 2 heterocycles. The van der Waals surface area contributed by atoms with Gasteiger partial charge in [0.15, 0.2) is 0 Å².